The Hall–Kier alpha value is -1.64. The van der Waals surface area contributed by atoms with Crippen LogP contribution in [-0.4, -0.2) is 40.1 Å². The van der Waals surface area contributed by atoms with Crippen LogP contribution in [0.15, 0.2) is 30.5 Å². The van der Waals surface area contributed by atoms with Crippen molar-refractivity contribution in [2.45, 2.75) is 25.5 Å². The zero-order valence-corrected chi connectivity index (χ0v) is 16.5. The van der Waals surface area contributed by atoms with E-state index in [0.29, 0.717) is 16.7 Å². The highest BCUT2D eigenvalue weighted by molar-refractivity contribution is 7.92. The smallest absolute Gasteiger partial charge is 0.214 e. The molecule has 0 aliphatic heterocycles. The highest BCUT2D eigenvalue weighted by Gasteiger charge is 2.28. The topological polar surface area (TPSA) is 76.4 Å². The average Bonchev–Trinajstić information content (AvgIpc) is 3.05. The van der Waals surface area contributed by atoms with Gasteiger partial charge in [0.2, 0.25) is 10.1 Å². The molecule has 0 aliphatic carbocycles. The summed E-state index contributed by atoms with van der Waals surface area (Å²) in [7, 11) is -3.15. The molecule has 6 nitrogen and oxygen atoms in total. The normalized spacial score (nSPS) is 12.6. The molecule has 2 heterocycles. The molecule has 0 bridgehead atoms. The van der Waals surface area contributed by atoms with Crippen molar-refractivity contribution in [2.75, 3.05) is 17.6 Å². The summed E-state index contributed by atoms with van der Waals surface area (Å²) < 4.78 is 25.2. The number of hydrogen-bond acceptors (Lipinski definition) is 6. The second-order valence-electron chi connectivity index (χ2n) is 6.63. The number of halogens is 1. The molecule has 3 rings (SSSR count). The Labute approximate surface area is 155 Å². The van der Waals surface area contributed by atoms with Crippen LogP contribution in [0.4, 0.5) is 5.13 Å². The molecule has 0 unspecified atom stereocenters. The number of nitrogens with zero attached hydrogens (tertiary/aromatic N) is 3. The molecule has 2 aromatic heterocycles. The van der Waals surface area contributed by atoms with E-state index in [0.717, 1.165) is 16.2 Å². The van der Waals surface area contributed by atoms with Crippen LogP contribution in [0.2, 0.25) is 5.02 Å². The molecule has 0 saturated heterocycles. The Morgan fingerprint density at radius 3 is 2.52 bits per heavy atom. The minimum atomic E-state index is -3.15. The van der Waals surface area contributed by atoms with Crippen LogP contribution in [0.1, 0.15) is 20.8 Å². The van der Waals surface area contributed by atoms with E-state index in [1.54, 1.807) is 25.3 Å². The van der Waals surface area contributed by atoms with Gasteiger partial charge in [0, 0.05) is 17.1 Å². The summed E-state index contributed by atoms with van der Waals surface area (Å²) >= 11 is 7.28. The van der Waals surface area contributed by atoms with Crippen molar-refractivity contribution < 1.29 is 8.42 Å². The fourth-order valence-electron chi connectivity index (χ4n) is 2.13. The van der Waals surface area contributed by atoms with Crippen molar-refractivity contribution in [3.8, 4) is 11.3 Å². The monoisotopic (exact) mass is 398 g/mol. The number of sulfone groups is 1. The van der Waals surface area contributed by atoms with E-state index in [-0.39, 0.29) is 5.75 Å². The zero-order chi connectivity index (χ0) is 18.2. The first-order chi connectivity index (χ1) is 11.7. The summed E-state index contributed by atoms with van der Waals surface area (Å²) in [6.45, 7) is 5.44. The van der Waals surface area contributed by atoms with Crippen molar-refractivity contribution in [1.29, 1.82) is 0 Å². The minimum absolute atomic E-state index is 0.0639. The van der Waals surface area contributed by atoms with Crippen molar-refractivity contribution >= 4 is 42.9 Å². The molecular weight excluding hydrogens is 380 g/mol. The van der Waals surface area contributed by atoms with Crippen LogP contribution in [0, 0.1) is 0 Å². The molecule has 25 heavy (non-hydrogen) atoms. The van der Waals surface area contributed by atoms with E-state index < -0.39 is 14.6 Å². The number of hydrogen-bond donors (Lipinski definition) is 1. The molecular formula is C16H19ClN4O2S2. The summed E-state index contributed by atoms with van der Waals surface area (Å²) in [5, 5.41) is 8.79. The Bertz CT molecular complexity index is 954. The van der Waals surface area contributed by atoms with Gasteiger partial charge in [-0.05, 0) is 32.9 Å². The molecule has 3 aromatic rings. The van der Waals surface area contributed by atoms with Crippen LogP contribution in [0.5, 0.6) is 0 Å². The minimum Gasteiger partial charge on any atom is -0.359 e. The number of nitrogens with one attached hydrogen (secondary N) is 1. The fraction of sp³-hybridized carbons (Fsp3) is 0.375. The number of benzene rings is 1. The van der Waals surface area contributed by atoms with Gasteiger partial charge < -0.3 is 5.32 Å². The molecule has 0 spiro atoms. The first-order valence-corrected chi connectivity index (χ1v) is 10.6. The van der Waals surface area contributed by atoms with Crippen LogP contribution < -0.4 is 5.32 Å². The molecule has 0 atom stereocenters. The number of fused-ring (bicyclic) bond motifs is 1. The van der Waals surface area contributed by atoms with E-state index in [4.69, 9.17) is 11.6 Å². The Kier molecular flexibility index (Phi) is 4.78. The zero-order valence-electron chi connectivity index (χ0n) is 14.2. The van der Waals surface area contributed by atoms with Crippen LogP contribution >= 0.6 is 22.9 Å². The first kappa shape index (κ1) is 18.2. The van der Waals surface area contributed by atoms with Crippen molar-refractivity contribution in [3.63, 3.8) is 0 Å². The van der Waals surface area contributed by atoms with E-state index >= 15 is 0 Å². The van der Waals surface area contributed by atoms with Gasteiger partial charge in [0.25, 0.3) is 0 Å². The average molecular weight is 399 g/mol. The van der Waals surface area contributed by atoms with Gasteiger partial charge in [-0.25, -0.2) is 17.9 Å². The standard InChI is InChI=1S/C16H19ClN4O2S2/c1-16(2,3)25(22,23)9-8-18-14-20-21-10-13(19-15(21)24-14)11-4-6-12(17)7-5-11/h4-7,10H,8-9H2,1-3H3,(H,18,20). The summed E-state index contributed by atoms with van der Waals surface area (Å²) in [6.07, 6.45) is 1.84. The lowest BCUT2D eigenvalue weighted by Crippen LogP contribution is -2.32. The quantitative estimate of drug-likeness (QED) is 0.708. The lowest BCUT2D eigenvalue weighted by atomic mass is 10.2. The van der Waals surface area contributed by atoms with E-state index in [9.17, 15) is 8.42 Å². The van der Waals surface area contributed by atoms with Gasteiger partial charge in [-0.2, -0.15) is 0 Å². The van der Waals surface area contributed by atoms with Gasteiger partial charge in [0.1, 0.15) is 0 Å². The summed E-state index contributed by atoms with van der Waals surface area (Å²) in [6, 6.07) is 7.46. The summed E-state index contributed by atoms with van der Waals surface area (Å²) in [5.74, 6) is 0.0639. The first-order valence-electron chi connectivity index (χ1n) is 7.74. The van der Waals surface area contributed by atoms with Crippen LogP contribution in [0.25, 0.3) is 16.2 Å². The lowest BCUT2D eigenvalue weighted by molar-refractivity contribution is 0.560. The van der Waals surface area contributed by atoms with E-state index in [1.165, 1.54) is 11.3 Å². The Morgan fingerprint density at radius 2 is 1.92 bits per heavy atom. The predicted molar refractivity (Wildman–Crippen MR) is 103 cm³/mol. The molecule has 0 radical (unpaired) electrons. The van der Waals surface area contributed by atoms with Gasteiger partial charge in [0.05, 0.1) is 22.4 Å². The Morgan fingerprint density at radius 1 is 1.24 bits per heavy atom. The molecule has 134 valence electrons. The third-order valence-electron chi connectivity index (χ3n) is 3.76. The highest BCUT2D eigenvalue weighted by atomic mass is 35.5. The summed E-state index contributed by atoms with van der Waals surface area (Å²) in [4.78, 5) is 5.29. The fourth-order valence-corrected chi connectivity index (χ4v) is 4.05. The third-order valence-corrected chi connectivity index (χ3v) is 7.50. The number of anilines is 1. The second kappa shape index (κ2) is 6.59. The molecule has 0 fully saturated rings. The highest BCUT2D eigenvalue weighted by Crippen LogP contribution is 2.25. The maximum Gasteiger partial charge on any atom is 0.214 e. The second-order valence-corrected chi connectivity index (χ2v) is 10.9. The number of rotatable bonds is 5. The molecule has 1 aromatic carbocycles. The molecule has 1 N–H and O–H groups in total. The molecule has 0 amide bonds. The maximum absolute atomic E-state index is 12.1. The van der Waals surface area contributed by atoms with Crippen molar-refractivity contribution in [3.05, 3.63) is 35.5 Å². The van der Waals surface area contributed by atoms with Gasteiger partial charge in [-0.3, -0.25) is 0 Å². The molecule has 9 heteroatoms. The number of imidazole rings is 1. The molecule has 0 aliphatic rings. The molecule has 0 saturated carbocycles. The van der Waals surface area contributed by atoms with Gasteiger partial charge in [-0.15, -0.1) is 5.10 Å². The maximum atomic E-state index is 12.1. The van der Waals surface area contributed by atoms with Crippen LogP contribution in [0.3, 0.4) is 0 Å². The Balaban J connectivity index is 1.69. The van der Waals surface area contributed by atoms with E-state index in [2.05, 4.69) is 15.4 Å². The predicted octanol–water partition coefficient (Wildman–Crippen LogP) is 3.74. The van der Waals surface area contributed by atoms with E-state index in [1.807, 2.05) is 30.5 Å². The third kappa shape index (κ3) is 3.96. The van der Waals surface area contributed by atoms with Gasteiger partial charge in [-0.1, -0.05) is 35.1 Å². The van der Waals surface area contributed by atoms with Gasteiger partial charge in [0.15, 0.2) is 9.84 Å². The largest absolute Gasteiger partial charge is 0.359 e. The summed E-state index contributed by atoms with van der Waals surface area (Å²) in [5.41, 5.74) is 1.78. The number of aromatic nitrogens is 3. The van der Waals surface area contributed by atoms with Crippen LogP contribution in [-0.2, 0) is 9.84 Å². The van der Waals surface area contributed by atoms with Crippen molar-refractivity contribution in [1.82, 2.24) is 14.6 Å². The SMILES string of the molecule is CC(C)(C)S(=O)(=O)CCNc1nn2cc(-c3ccc(Cl)cc3)nc2s1. The lowest BCUT2D eigenvalue weighted by Gasteiger charge is -2.18. The van der Waals surface area contributed by atoms with Gasteiger partial charge >= 0.3 is 0 Å². The van der Waals surface area contributed by atoms with Crippen molar-refractivity contribution in [2.24, 2.45) is 0 Å².